The van der Waals surface area contributed by atoms with E-state index >= 15 is 0 Å². The second kappa shape index (κ2) is 5.47. The highest BCUT2D eigenvalue weighted by molar-refractivity contribution is 7.11. The third-order valence-corrected chi connectivity index (χ3v) is 3.37. The van der Waals surface area contributed by atoms with Crippen LogP contribution in [0, 0.1) is 0 Å². The fourth-order valence-corrected chi connectivity index (χ4v) is 2.51. The molecule has 84 valence electrons. The van der Waals surface area contributed by atoms with Crippen LogP contribution in [-0.2, 0) is 0 Å². The highest BCUT2D eigenvalue weighted by Gasteiger charge is 2.23. The van der Waals surface area contributed by atoms with E-state index in [2.05, 4.69) is 4.90 Å². The minimum Gasteiger partial charge on any atom is -0.479 e. The highest BCUT2D eigenvalue weighted by atomic mass is 32.1. The van der Waals surface area contributed by atoms with E-state index in [1.165, 1.54) is 0 Å². The molecule has 2 nitrogen and oxygen atoms in total. The van der Waals surface area contributed by atoms with Crippen LogP contribution in [0.3, 0.4) is 0 Å². The van der Waals surface area contributed by atoms with Crippen molar-refractivity contribution in [3.05, 3.63) is 17.5 Å². The molecule has 1 aromatic heterocycles. The van der Waals surface area contributed by atoms with Crippen LogP contribution in [0.4, 0.5) is 4.39 Å². The van der Waals surface area contributed by atoms with Gasteiger partial charge in [0.15, 0.2) is 5.06 Å². The maximum atomic E-state index is 12.0. The first kappa shape index (κ1) is 10.9. The summed E-state index contributed by atoms with van der Waals surface area (Å²) in [5.74, 6) is 0. The monoisotopic (exact) mass is 229 g/mol. The molecular formula is C11H16FNOS. The van der Waals surface area contributed by atoms with E-state index in [4.69, 9.17) is 4.74 Å². The molecule has 1 aliphatic rings. The summed E-state index contributed by atoms with van der Waals surface area (Å²) in [5.41, 5.74) is 0. The molecule has 0 N–H and O–H groups in total. The van der Waals surface area contributed by atoms with Gasteiger partial charge in [0.2, 0.25) is 0 Å². The lowest BCUT2D eigenvalue weighted by molar-refractivity contribution is 0.204. The van der Waals surface area contributed by atoms with E-state index in [-0.39, 0.29) is 6.67 Å². The lowest BCUT2D eigenvalue weighted by atomic mass is 10.3. The summed E-state index contributed by atoms with van der Waals surface area (Å²) in [6.07, 6.45) is 2.00. The quantitative estimate of drug-likeness (QED) is 0.769. The van der Waals surface area contributed by atoms with Crippen LogP contribution in [0.15, 0.2) is 17.5 Å². The molecule has 0 bridgehead atoms. The predicted octanol–water partition coefficient (Wildman–Crippen LogP) is 2.56. The summed E-state index contributed by atoms with van der Waals surface area (Å²) in [5, 5.41) is 3.01. The molecule has 0 aromatic carbocycles. The standard InChI is InChI=1S/C11H16FNOS/c12-5-2-6-13-7-4-10(9-13)14-11-3-1-8-15-11/h1,3,8,10H,2,4-7,9H2. The van der Waals surface area contributed by atoms with Crippen LogP contribution < -0.4 is 4.74 Å². The first-order valence-electron chi connectivity index (χ1n) is 5.37. The van der Waals surface area contributed by atoms with E-state index in [1.54, 1.807) is 11.3 Å². The van der Waals surface area contributed by atoms with Gasteiger partial charge in [0.05, 0.1) is 6.67 Å². The van der Waals surface area contributed by atoms with Crippen molar-refractivity contribution in [1.29, 1.82) is 0 Å². The van der Waals surface area contributed by atoms with Gasteiger partial charge in [-0.3, -0.25) is 9.29 Å². The maximum Gasteiger partial charge on any atom is 0.174 e. The SMILES string of the molecule is FCCCN1CCC(Oc2cccs2)C1. The summed E-state index contributed by atoms with van der Waals surface area (Å²) in [7, 11) is 0. The van der Waals surface area contributed by atoms with Crippen molar-refractivity contribution in [3.63, 3.8) is 0 Å². The average Bonchev–Trinajstić information content (AvgIpc) is 2.87. The largest absolute Gasteiger partial charge is 0.479 e. The van der Waals surface area contributed by atoms with Crippen LogP contribution in [0.25, 0.3) is 0 Å². The number of thiophene rings is 1. The predicted molar refractivity (Wildman–Crippen MR) is 60.4 cm³/mol. The Labute approximate surface area is 93.7 Å². The maximum absolute atomic E-state index is 12.0. The molecule has 1 aromatic rings. The Balaban J connectivity index is 1.73. The van der Waals surface area contributed by atoms with E-state index in [0.29, 0.717) is 12.5 Å². The number of ether oxygens (including phenoxy) is 1. The van der Waals surface area contributed by atoms with Crippen LogP contribution in [0.5, 0.6) is 5.06 Å². The number of alkyl halides is 1. The molecule has 2 rings (SSSR count). The first-order valence-corrected chi connectivity index (χ1v) is 6.25. The van der Waals surface area contributed by atoms with E-state index in [9.17, 15) is 4.39 Å². The van der Waals surface area contributed by atoms with Gasteiger partial charge in [-0.1, -0.05) is 0 Å². The number of likely N-dealkylation sites (tertiary alicyclic amines) is 1. The molecular weight excluding hydrogens is 213 g/mol. The molecule has 4 heteroatoms. The van der Waals surface area contributed by atoms with Crippen LogP contribution in [-0.4, -0.2) is 37.3 Å². The van der Waals surface area contributed by atoms with Gasteiger partial charge >= 0.3 is 0 Å². The molecule has 1 atom stereocenters. The molecule has 0 radical (unpaired) electrons. The molecule has 1 aliphatic heterocycles. The zero-order chi connectivity index (χ0) is 10.5. The zero-order valence-electron chi connectivity index (χ0n) is 8.69. The van der Waals surface area contributed by atoms with Crippen LogP contribution >= 0.6 is 11.3 Å². The van der Waals surface area contributed by atoms with Crippen molar-refractivity contribution in [2.24, 2.45) is 0 Å². The fraction of sp³-hybridized carbons (Fsp3) is 0.636. The van der Waals surface area contributed by atoms with E-state index < -0.39 is 0 Å². The summed E-state index contributed by atoms with van der Waals surface area (Å²) in [6.45, 7) is 2.63. The molecule has 0 amide bonds. The lowest BCUT2D eigenvalue weighted by Gasteiger charge is -2.15. The van der Waals surface area contributed by atoms with Gasteiger partial charge in [0.25, 0.3) is 0 Å². The molecule has 1 saturated heterocycles. The van der Waals surface area contributed by atoms with Crippen molar-refractivity contribution in [2.75, 3.05) is 26.3 Å². The second-order valence-electron chi connectivity index (χ2n) is 3.80. The van der Waals surface area contributed by atoms with Gasteiger partial charge in [-0.2, -0.15) is 0 Å². The first-order chi connectivity index (χ1) is 7.38. The highest BCUT2D eigenvalue weighted by Crippen LogP contribution is 2.23. The molecule has 0 spiro atoms. The average molecular weight is 229 g/mol. The smallest absolute Gasteiger partial charge is 0.174 e. The topological polar surface area (TPSA) is 12.5 Å². The third kappa shape index (κ3) is 3.18. The normalized spacial score (nSPS) is 22.1. The van der Waals surface area contributed by atoms with E-state index in [0.717, 1.165) is 31.1 Å². The fourth-order valence-electron chi connectivity index (χ4n) is 1.87. The third-order valence-electron chi connectivity index (χ3n) is 2.61. The lowest BCUT2D eigenvalue weighted by Crippen LogP contribution is -2.25. The van der Waals surface area contributed by atoms with Crippen LogP contribution in [0.1, 0.15) is 12.8 Å². The Morgan fingerprint density at radius 3 is 3.27 bits per heavy atom. The zero-order valence-corrected chi connectivity index (χ0v) is 9.51. The number of hydrogen-bond acceptors (Lipinski definition) is 3. The molecule has 2 heterocycles. The summed E-state index contributed by atoms with van der Waals surface area (Å²) in [6, 6.07) is 3.99. The molecule has 1 fully saturated rings. The van der Waals surface area contributed by atoms with Crippen molar-refractivity contribution in [3.8, 4) is 5.06 Å². The van der Waals surface area contributed by atoms with Crippen molar-refractivity contribution >= 4 is 11.3 Å². The Kier molecular flexibility index (Phi) is 3.97. The summed E-state index contributed by atoms with van der Waals surface area (Å²) in [4.78, 5) is 2.28. The number of hydrogen-bond donors (Lipinski definition) is 0. The van der Waals surface area contributed by atoms with Gasteiger partial charge in [-0.25, -0.2) is 0 Å². The number of nitrogens with zero attached hydrogens (tertiary/aromatic N) is 1. The van der Waals surface area contributed by atoms with Crippen molar-refractivity contribution in [2.45, 2.75) is 18.9 Å². The number of rotatable bonds is 5. The number of halogens is 1. The Hall–Kier alpha value is -0.610. The van der Waals surface area contributed by atoms with E-state index in [1.807, 2.05) is 17.5 Å². The van der Waals surface area contributed by atoms with Crippen molar-refractivity contribution < 1.29 is 9.13 Å². The van der Waals surface area contributed by atoms with Gasteiger partial charge < -0.3 is 4.74 Å². The van der Waals surface area contributed by atoms with Gasteiger partial charge in [-0.15, -0.1) is 11.3 Å². The second-order valence-corrected chi connectivity index (χ2v) is 4.71. The van der Waals surface area contributed by atoms with Gasteiger partial charge in [-0.05, 0) is 30.4 Å². The molecule has 0 saturated carbocycles. The summed E-state index contributed by atoms with van der Waals surface area (Å²) < 4.78 is 17.8. The van der Waals surface area contributed by atoms with Gasteiger partial charge in [0, 0.05) is 19.6 Å². The minimum absolute atomic E-state index is 0.215. The molecule has 15 heavy (non-hydrogen) atoms. The Morgan fingerprint density at radius 2 is 2.53 bits per heavy atom. The Morgan fingerprint density at radius 1 is 1.60 bits per heavy atom. The molecule has 1 unspecified atom stereocenters. The van der Waals surface area contributed by atoms with Crippen LogP contribution in [0.2, 0.25) is 0 Å². The molecule has 0 aliphatic carbocycles. The summed E-state index contributed by atoms with van der Waals surface area (Å²) >= 11 is 1.63. The van der Waals surface area contributed by atoms with Crippen molar-refractivity contribution in [1.82, 2.24) is 4.90 Å². The van der Waals surface area contributed by atoms with Gasteiger partial charge in [0.1, 0.15) is 6.10 Å². The minimum atomic E-state index is -0.215. The Bertz CT molecular complexity index is 278.